The fraction of sp³-hybridized carbons (Fsp3) is 0.333. The summed E-state index contributed by atoms with van der Waals surface area (Å²) in [5.74, 6) is 0. The van der Waals surface area contributed by atoms with Crippen molar-refractivity contribution in [2.75, 3.05) is 26.2 Å². The lowest BCUT2D eigenvalue weighted by atomic mass is 10.0. The van der Waals surface area contributed by atoms with E-state index in [1.54, 1.807) is 0 Å². The molecule has 0 saturated heterocycles. The summed E-state index contributed by atoms with van der Waals surface area (Å²) >= 11 is 0. The number of hydrogen-bond acceptors (Lipinski definition) is 3. The van der Waals surface area contributed by atoms with Gasteiger partial charge < -0.3 is 15.7 Å². The minimum absolute atomic E-state index is 0. The molecule has 23 heavy (non-hydrogen) atoms. The van der Waals surface area contributed by atoms with Crippen molar-refractivity contribution in [3.63, 3.8) is 0 Å². The van der Waals surface area contributed by atoms with Gasteiger partial charge in [-0.15, -0.1) is 24.8 Å². The van der Waals surface area contributed by atoms with Crippen LogP contribution in [0.25, 0.3) is 11.1 Å². The molecule has 128 valence electrons. The van der Waals surface area contributed by atoms with E-state index in [0.29, 0.717) is 6.54 Å². The fourth-order valence-electron chi connectivity index (χ4n) is 2.22. The second-order valence-corrected chi connectivity index (χ2v) is 5.07. The van der Waals surface area contributed by atoms with Crippen molar-refractivity contribution in [1.29, 1.82) is 0 Å². The Morgan fingerprint density at radius 2 is 1.30 bits per heavy atom. The summed E-state index contributed by atoms with van der Waals surface area (Å²) in [6, 6.07) is 19.1. The van der Waals surface area contributed by atoms with E-state index in [4.69, 9.17) is 5.11 Å². The number of rotatable bonds is 9. The normalized spacial score (nSPS) is 9.78. The third-order valence-corrected chi connectivity index (χ3v) is 3.39. The highest BCUT2D eigenvalue weighted by atomic mass is 35.5. The summed E-state index contributed by atoms with van der Waals surface area (Å²) in [6.07, 6.45) is 1.07. The van der Waals surface area contributed by atoms with Gasteiger partial charge in [-0.25, -0.2) is 0 Å². The quantitative estimate of drug-likeness (QED) is 0.604. The van der Waals surface area contributed by atoms with Crippen molar-refractivity contribution in [1.82, 2.24) is 10.6 Å². The first-order valence-electron chi connectivity index (χ1n) is 7.57. The van der Waals surface area contributed by atoms with Crippen molar-refractivity contribution in [2.24, 2.45) is 0 Å². The summed E-state index contributed by atoms with van der Waals surface area (Å²) in [5.41, 5.74) is 3.82. The van der Waals surface area contributed by atoms with Crippen molar-refractivity contribution >= 4 is 24.8 Å². The highest BCUT2D eigenvalue weighted by Gasteiger charge is 1.97. The summed E-state index contributed by atoms with van der Waals surface area (Å²) in [6.45, 7) is 3.72. The Balaban J connectivity index is 0.00000242. The molecule has 0 saturated carbocycles. The zero-order valence-corrected chi connectivity index (χ0v) is 14.8. The molecule has 0 aliphatic heterocycles. The van der Waals surface area contributed by atoms with Gasteiger partial charge in [-0.2, -0.15) is 0 Å². The Morgan fingerprint density at radius 3 is 1.96 bits per heavy atom. The number of aliphatic hydroxyl groups is 1. The minimum Gasteiger partial charge on any atom is -0.395 e. The van der Waals surface area contributed by atoms with E-state index in [1.165, 1.54) is 16.7 Å². The number of nitrogens with one attached hydrogen (secondary N) is 2. The summed E-state index contributed by atoms with van der Waals surface area (Å²) in [4.78, 5) is 0. The molecular formula is C18H26Cl2N2O. The van der Waals surface area contributed by atoms with E-state index in [2.05, 4.69) is 59.2 Å². The van der Waals surface area contributed by atoms with Gasteiger partial charge in [0.2, 0.25) is 0 Å². The zero-order valence-electron chi connectivity index (χ0n) is 13.2. The van der Waals surface area contributed by atoms with Gasteiger partial charge in [-0.05, 0) is 36.2 Å². The molecule has 0 aliphatic carbocycles. The molecule has 0 amide bonds. The van der Waals surface area contributed by atoms with E-state index in [9.17, 15) is 0 Å². The molecule has 0 aliphatic rings. The van der Waals surface area contributed by atoms with Crippen molar-refractivity contribution in [2.45, 2.75) is 13.0 Å². The van der Waals surface area contributed by atoms with Crippen LogP contribution in [0.4, 0.5) is 0 Å². The van der Waals surface area contributed by atoms with E-state index in [0.717, 1.165) is 26.1 Å². The second-order valence-electron chi connectivity index (χ2n) is 5.07. The molecule has 3 nitrogen and oxygen atoms in total. The third-order valence-electron chi connectivity index (χ3n) is 3.39. The van der Waals surface area contributed by atoms with Crippen LogP contribution in [0.1, 0.15) is 12.0 Å². The molecule has 3 N–H and O–H groups in total. The largest absolute Gasteiger partial charge is 0.395 e. The standard InChI is InChI=1S/C18H24N2O.2ClH/c21-14-13-19-11-4-12-20-15-16-7-9-18(10-8-16)17-5-2-1-3-6-17;;/h1-3,5-10,19-21H,4,11-15H2;2*1H. The molecule has 0 aromatic heterocycles. The Bertz CT molecular complexity index is 506. The van der Waals surface area contributed by atoms with Gasteiger partial charge in [0.15, 0.2) is 0 Å². The predicted octanol–water partition coefficient (Wildman–Crippen LogP) is 3.26. The Labute approximate surface area is 151 Å². The molecule has 5 heteroatoms. The SMILES string of the molecule is Cl.Cl.OCCNCCCNCc1ccc(-c2ccccc2)cc1. The van der Waals surface area contributed by atoms with Crippen molar-refractivity contribution in [3.8, 4) is 11.1 Å². The van der Waals surface area contributed by atoms with Gasteiger partial charge in [0.25, 0.3) is 0 Å². The van der Waals surface area contributed by atoms with Crippen LogP contribution < -0.4 is 10.6 Å². The zero-order chi connectivity index (χ0) is 14.8. The molecule has 0 radical (unpaired) electrons. The van der Waals surface area contributed by atoms with Crippen LogP contribution in [-0.4, -0.2) is 31.3 Å². The molecule has 0 bridgehead atoms. The fourth-order valence-corrected chi connectivity index (χ4v) is 2.22. The van der Waals surface area contributed by atoms with Crippen molar-refractivity contribution < 1.29 is 5.11 Å². The summed E-state index contributed by atoms with van der Waals surface area (Å²) in [5, 5.41) is 15.2. The van der Waals surface area contributed by atoms with Crippen LogP contribution in [0.3, 0.4) is 0 Å². The van der Waals surface area contributed by atoms with E-state index < -0.39 is 0 Å². The number of halogens is 2. The molecule has 0 atom stereocenters. The number of hydrogen-bond donors (Lipinski definition) is 3. The maximum atomic E-state index is 8.64. The lowest BCUT2D eigenvalue weighted by Gasteiger charge is -2.07. The van der Waals surface area contributed by atoms with Gasteiger partial charge in [0.1, 0.15) is 0 Å². The van der Waals surface area contributed by atoms with E-state index in [-0.39, 0.29) is 31.4 Å². The first-order valence-corrected chi connectivity index (χ1v) is 7.57. The molecule has 2 rings (SSSR count). The molecule has 0 spiro atoms. The Morgan fingerprint density at radius 1 is 0.696 bits per heavy atom. The van der Waals surface area contributed by atoms with Crippen LogP contribution in [0, 0.1) is 0 Å². The smallest absolute Gasteiger partial charge is 0.0555 e. The first kappa shape index (κ1) is 21.9. The van der Waals surface area contributed by atoms with Crippen LogP contribution >= 0.6 is 24.8 Å². The van der Waals surface area contributed by atoms with Crippen LogP contribution in [0.5, 0.6) is 0 Å². The molecule has 0 unspecified atom stereocenters. The van der Waals surface area contributed by atoms with Crippen molar-refractivity contribution in [3.05, 3.63) is 60.2 Å². The van der Waals surface area contributed by atoms with Crippen LogP contribution in [0.15, 0.2) is 54.6 Å². The summed E-state index contributed by atoms with van der Waals surface area (Å²) in [7, 11) is 0. The lowest BCUT2D eigenvalue weighted by molar-refractivity contribution is 0.292. The first-order chi connectivity index (χ1) is 10.4. The maximum absolute atomic E-state index is 8.64. The minimum atomic E-state index is 0. The summed E-state index contributed by atoms with van der Waals surface area (Å²) < 4.78 is 0. The molecule has 2 aromatic carbocycles. The van der Waals surface area contributed by atoms with Crippen LogP contribution in [0.2, 0.25) is 0 Å². The maximum Gasteiger partial charge on any atom is 0.0555 e. The predicted molar refractivity (Wildman–Crippen MR) is 103 cm³/mol. The highest BCUT2D eigenvalue weighted by molar-refractivity contribution is 5.85. The highest BCUT2D eigenvalue weighted by Crippen LogP contribution is 2.19. The lowest BCUT2D eigenvalue weighted by Crippen LogP contribution is -2.23. The van der Waals surface area contributed by atoms with Gasteiger partial charge >= 0.3 is 0 Å². The topological polar surface area (TPSA) is 44.3 Å². The van der Waals surface area contributed by atoms with Crippen LogP contribution in [-0.2, 0) is 6.54 Å². The molecule has 0 heterocycles. The molecule has 0 fully saturated rings. The van der Waals surface area contributed by atoms with Gasteiger partial charge in [-0.3, -0.25) is 0 Å². The second kappa shape index (κ2) is 13.3. The number of benzene rings is 2. The number of aliphatic hydroxyl groups excluding tert-OH is 1. The Hall–Kier alpha value is -1.10. The Kier molecular flexibility index (Phi) is 12.7. The van der Waals surface area contributed by atoms with E-state index in [1.807, 2.05) is 6.07 Å². The van der Waals surface area contributed by atoms with E-state index >= 15 is 0 Å². The average Bonchev–Trinajstić information content (AvgIpc) is 2.55. The third kappa shape index (κ3) is 8.35. The van der Waals surface area contributed by atoms with Gasteiger partial charge in [0.05, 0.1) is 6.61 Å². The molecule has 2 aromatic rings. The monoisotopic (exact) mass is 356 g/mol. The molecular weight excluding hydrogens is 331 g/mol. The average molecular weight is 357 g/mol. The van der Waals surface area contributed by atoms with Gasteiger partial charge in [0, 0.05) is 13.1 Å². The van der Waals surface area contributed by atoms with Gasteiger partial charge in [-0.1, -0.05) is 54.6 Å².